The van der Waals surface area contributed by atoms with Gasteiger partial charge in [-0.25, -0.2) is 12.8 Å². The van der Waals surface area contributed by atoms with Gasteiger partial charge in [0.1, 0.15) is 10.7 Å². The van der Waals surface area contributed by atoms with E-state index in [0.717, 1.165) is 12.1 Å². The van der Waals surface area contributed by atoms with Gasteiger partial charge in [0.05, 0.1) is 5.02 Å². The first-order valence-electron chi connectivity index (χ1n) is 3.22. The van der Waals surface area contributed by atoms with Gasteiger partial charge in [-0.3, -0.25) is 0 Å². The molecular weight excluding hydrogens is 238 g/mol. The van der Waals surface area contributed by atoms with E-state index >= 15 is 0 Å². The Labute approximate surface area is 84.7 Å². The molecular formula is C7H5Cl2FO2S. The Balaban J connectivity index is 3.50. The fourth-order valence-electron chi connectivity index (χ4n) is 0.818. The van der Waals surface area contributed by atoms with Gasteiger partial charge in [-0.1, -0.05) is 11.6 Å². The first-order chi connectivity index (χ1) is 5.82. The summed E-state index contributed by atoms with van der Waals surface area (Å²) in [6.45, 7) is 1.43. The van der Waals surface area contributed by atoms with Crippen LogP contribution >= 0.6 is 22.3 Å². The van der Waals surface area contributed by atoms with Gasteiger partial charge < -0.3 is 0 Å². The third kappa shape index (κ3) is 2.33. The minimum Gasteiger partial charge on any atom is -0.207 e. The molecule has 0 heterocycles. The summed E-state index contributed by atoms with van der Waals surface area (Å²) in [5.41, 5.74) is 0.184. The zero-order valence-corrected chi connectivity index (χ0v) is 8.84. The van der Waals surface area contributed by atoms with E-state index in [1.54, 1.807) is 0 Å². The number of hydrogen-bond donors (Lipinski definition) is 0. The monoisotopic (exact) mass is 242 g/mol. The maximum Gasteiger partial charge on any atom is 0.262 e. The summed E-state index contributed by atoms with van der Waals surface area (Å²) in [5.74, 6) is -0.561. The molecule has 0 bridgehead atoms. The highest BCUT2D eigenvalue weighted by molar-refractivity contribution is 8.13. The second-order valence-corrected chi connectivity index (χ2v) is 5.41. The smallest absolute Gasteiger partial charge is 0.207 e. The largest absolute Gasteiger partial charge is 0.262 e. The van der Waals surface area contributed by atoms with Crippen LogP contribution in [-0.2, 0) is 9.05 Å². The van der Waals surface area contributed by atoms with Crippen molar-refractivity contribution in [1.29, 1.82) is 0 Å². The molecule has 0 aromatic heterocycles. The molecule has 1 aromatic carbocycles. The molecule has 0 spiro atoms. The summed E-state index contributed by atoms with van der Waals surface area (Å²) >= 11 is 5.48. The lowest BCUT2D eigenvalue weighted by atomic mass is 10.2. The predicted molar refractivity (Wildman–Crippen MR) is 49.2 cm³/mol. The minimum absolute atomic E-state index is 0.184. The van der Waals surface area contributed by atoms with Crippen molar-refractivity contribution in [3.05, 3.63) is 28.5 Å². The SMILES string of the molecule is Cc1cc(S(=O)(=O)Cl)c(Cl)cc1F. The zero-order chi connectivity index (χ0) is 10.2. The zero-order valence-electron chi connectivity index (χ0n) is 6.51. The van der Waals surface area contributed by atoms with E-state index in [2.05, 4.69) is 0 Å². The van der Waals surface area contributed by atoms with E-state index in [1.165, 1.54) is 6.92 Å². The second-order valence-electron chi connectivity index (χ2n) is 2.47. The van der Waals surface area contributed by atoms with E-state index in [1.807, 2.05) is 0 Å². The topological polar surface area (TPSA) is 34.1 Å². The summed E-state index contributed by atoms with van der Waals surface area (Å²) in [7, 11) is 1.15. The number of aryl methyl sites for hydroxylation is 1. The number of benzene rings is 1. The van der Waals surface area contributed by atoms with E-state index < -0.39 is 14.9 Å². The van der Waals surface area contributed by atoms with Crippen LogP contribution in [0.15, 0.2) is 17.0 Å². The van der Waals surface area contributed by atoms with Crippen LogP contribution in [0.5, 0.6) is 0 Å². The molecule has 0 amide bonds. The molecule has 72 valence electrons. The number of hydrogen-bond acceptors (Lipinski definition) is 2. The van der Waals surface area contributed by atoms with Crippen molar-refractivity contribution in [1.82, 2.24) is 0 Å². The lowest BCUT2D eigenvalue weighted by Crippen LogP contribution is -1.94. The van der Waals surface area contributed by atoms with Crippen LogP contribution in [0.1, 0.15) is 5.56 Å². The van der Waals surface area contributed by atoms with Crippen LogP contribution in [0.2, 0.25) is 5.02 Å². The van der Waals surface area contributed by atoms with E-state index in [0.29, 0.717) is 0 Å². The van der Waals surface area contributed by atoms with Gasteiger partial charge in [-0.05, 0) is 24.6 Å². The molecule has 0 fully saturated rings. The van der Waals surface area contributed by atoms with Gasteiger partial charge in [0.25, 0.3) is 9.05 Å². The summed E-state index contributed by atoms with van der Waals surface area (Å²) in [4.78, 5) is -0.269. The van der Waals surface area contributed by atoms with Crippen molar-refractivity contribution in [2.24, 2.45) is 0 Å². The van der Waals surface area contributed by atoms with Gasteiger partial charge in [0.2, 0.25) is 0 Å². The Morgan fingerprint density at radius 3 is 2.38 bits per heavy atom. The Morgan fingerprint density at radius 1 is 1.38 bits per heavy atom. The van der Waals surface area contributed by atoms with Crippen LogP contribution in [0, 0.1) is 12.7 Å². The minimum atomic E-state index is -3.90. The van der Waals surface area contributed by atoms with Crippen molar-refractivity contribution in [3.63, 3.8) is 0 Å². The first kappa shape index (κ1) is 10.8. The summed E-state index contributed by atoms with van der Waals surface area (Å²) in [6.07, 6.45) is 0. The fraction of sp³-hybridized carbons (Fsp3) is 0.143. The molecule has 1 rings (SSSR count). The highest BCUT2D eigenvalue weighted by Gasteiger charge is 2.16. The normalized spacial score (nSPS) is 11.7. The van der Waals surface area contributed by atoms with Crippen molar-refractivity contribution in [3.8, 4) is 0 Å². The fourth-order valence-corrected chi connectivity index (χ4v) is 2.38. The highest BCUT2D eigenvalue weighted by atomic mass is 35.7. The van der Waals surface area contributed by atoms with E-state index in [9.17, 15) is 12.8 Å². The van der Waals surface area contributed by atoms with Gasteiger partial charge in [-0.2, -0.15) is 0 Å². The van der Waals surface area contributed by atoms with Crippen LogP contribution in [-0.4, -0.2) is 8.42 Å². The molecule has 0 aliphatic heterocycles. The summed E-state index contributed by atoms with van der Waals surface area (Å²) in [5, 5.41) is -0.210. The molecule has 0 saturated carbocycles. The average Bonchev–Trinajstić information content (AvgIpc) is 1.94. The molecule has 0 radical (unpaired) electrons. The summed E-state index contributed by atoms with van der Waals surface area (Å²) < 4.78 is 34.6. The van der Waals surface area contributed by atoms with Crippen molar-refractivity contribution in [2.75, 3.05) is 0 Å². The third-order valence-corrected chi connectivity index (χ3v) is 3.26. The van der Waals surface area contributed by atoms with Crippen molar-refractivity contribution in [2.45, 2.75) is 11.8 Å². The predicted octanol–water partition coefficient (Wildman–Crippen LogP) is 2.72. The van der Waals surface area contributed by atoms with Crippen LogP contribution in [0.4, 0.5) is 4.39 Å². The van der Waals surface area contributed by atoms with Gasteiger partial charge in [-0.15, -0.1) is 0 Å². The van der Waals surface area contributed by atoms with Gasteiger partial charge >= 0.3 is 0 Å². The van der Waals surface area contributed by atoms with E-state index in [4.69, 9.17) is 22.3 Å². The number of rotatable bonds is 1. The molecule has 0 saturated heterocycles. The van der Waals surface area contributed by atoms with Crippen LogP contribution in [0.3, 0.4) is 0 Å². The Hall–Kier alpha value is -0.320. The first-order valence-corrected chi connectivity index (χ1v) is 5.91. The van der Waals surface area contributed by atoms with E-state index in [-0.39, 0.29) is 15.5 Å². The molecule has 0 aliphatic carbocycles. The third-order valence-electron chi connectivity index (χ3n) is 1.48. The molecule has 6 heteroatoms. The summed E-state index contributed by atoms with van der Waals surface area (Å²) in [6, 6.07) is 2.02. The maximum atomic E-state index is 12.8. The van der Waals surface area contributed by atoms with Crippen LogP contribution in [0.25, 0.3) is 0 Å². The lowest BCUT2D eigenvalue weighted by Gasteiger charge is -2.02. The average molecular weight is 243 g/mol. The maximum absolute atomic E-state index is 12.8. The second kappa shape index (κ2) is 3.44. The van der Waals surface area contributed by atoms with Crippen molar-refractivity contribution >= 4 is 31.3 Å². The molecule has 0 atom stereocenters. The Morgan fingerprint density at radius 2 is 1.92 bits per heavy atom. The number of halogens is 3. The Bertz CT molecular complexity index is 442. The van der Waals surface area contributed by atoms with Gasteiger partial charge in [0.15, 0.2) is 0 Å². The lowest BCUT2D eigenvalue weighted by molar-refractivity contribution is 0.605. The quantitative estimate of drug-likeness (QED) is 0.710. The standard InChI is InChI=1S/C7H5Cl2FO2S/c1-4-2-7(13(9,11)12)5(8)3-6(4)10/h2-3H,1H3. The van der Waals surface area contributed by atoms with Crippen molar-refractivity contribution < 1.29 is 12.8 Å². The highest BCUT2D eigenvalue weighted by Crippen LogP contribution is 2.27. The molecule has 0 N–H and O–H groups in total. The molecule has 1 aromatic rings. The molecule has 13 heavy (non-hydrogen) atoms. The Kier molecular flexibility index (Phi) is 2.85. The molecule has 0 unspecified atom stereocenters. The van der Waals surface area contributed by atoms with Gasteiger partial charge in [0, 0.05) is 10.7 Å². The molecule has 0 aliphatic rings. The molecule has 2 nitrogen and oxygen atoms in total. The van der Waals surface area contributed by atoms with Crippen LogP contribution < -0.4 is 0 Å².